The zero-order valence-electron chi connectivity index (χ0n) is 10.5. The van der Waals surface area contributed by atoms with E-state index in [1.54, 1.807) is 12.1 Å². The number of thiazole rings is 1. The smallest absolute Gasteiger partial charge is 0.230 e. The van der Waals surface area contributed by atoms with Gasteiger partial charge in [0.25, 0.3) is 0 Å². The first-order valence-electron chi connectivity index (χ1n) is 6.10. The number of para-hydroxylation sites is 1. The number of nitrogens with zero attached hydrogens (tertiary/aromatic N) is 1. The average Bonchev–Trinajstić information content (AvgIpc) is 2.83. The van der Waals surface area contributed by atoms with Crippen molar-refractivity contribution in [2.45, 2.75) is 6.42 Å². The maximum atomic E-state index is 12.8. The lowest BCUT2D eigenvalue weighted by Crippen LogP contribution is -2.14. The molecule has 0 spiro atoms. The fourth-order valence-electron chi connectivity index (χ4n) is 1.88. The number of anilines is 1. The van der Waals surface area contributed by atoms with Crippen molar-refractivity contribution in [3.63, 3.8) is 0 Å². The molecule has 0 aliphatic heterocycles. The number of rotatable bonds is 3. The number of carbonyl (C=O) groups is 1. The quantitative estimate of drug-likeness (QED) is 0.799. The standard InChI is InChI=1S/C15H11FN2OS/c16-11-7-5-10(6-8-11)9-14(19)18-15-17-12-3-1-2-4-13(12)20-15/h1-8H,9H2,(H,17,18,19). The molecule has 0 fully saturated rings. The van der Waals surface area contributed by atoms with Crippen molar-refractivity contribution in [2.75, 3.05) is 5.32 Å². The first-order chi connectivity index (χ1) is 9.70. The Morgan fingerprint density at radius 1 is 1.15 bits per heavy atom. The number of carbonyl (C=O) groups excluding carboxylic acids is 1. The largest absolute Gasteiger partial charge is 0.302 e. The SMILES string of the molecule is O=C(Cc1ccc(F)cc1)Nc1nc2ccccc2s1. The molecule has 3 nitrogen and oxygen atoms in total. The molecule has 3 rings (SSSR count). The van der Waals surface area contributed by atoms with Crippen LogP contribution in [-0.4, -0.2) is 10.9 Å². The van der Waals surface area contributed by atoms with E-state index in [1.165, 1.54) is 23.5 Å². The second-order valence-corrected chi connectivity index (χ2v) is 5.37. The summed E-state index contributed by atoms with van der Waals surface area (Å²) in [6.07, 6.45) is 0.205. The van der Waals surface area contributed by atoms with Crippen LogP contribution in [0.3, 0.4) is 0 Å². The molecule has 0 saturated heterocycles. The Morgan fingerprint density at radius 2 is 1.90 bits per heavy atom. The summed E-state index contributed by atoms with van der Waals surface area (Å²) in [7, 11) is 0. The lowest BCUT2D eigenvalue weighted by atomic mass is 10.1. The molecule has 0 saturated carbocycles. The molecule has 1 N–H and O–H groups in total. The van der Waals surface area contributed by atoms with Crippen molar-refractivity contribution >= 4 is 32.6 Å². The summed E-state index contributed by atoms with van der Waals surface area (Å²) < 4.78 is 13.8. The van der Waals surface area contributed by atoms with Crippen molar-refractivity contribution in [1.82, 2.24) is 4.98 Å². The van der Waals surface area contributed by atoms with Crippen LogP contribution in [0.1, 0.15) is 5.56 Å². The Balaban J connectivity index is 1.70. The lowest BCUT2D eigenvalue weighted by molar-refractivity contribution is -0.115. The Hall–Kier alpha value is -2.27. The Bertz CT molecular complexity index is 719. The maximum absolute atomic E-state index is 12.8. The third kappa shape index (κ3) is 2.83. The summed E-state index contributed by atoms with van der Waals surface area (Å²) >= 11 is 1.44. The fraction of sp³-hybridized carbons (Fsp3) is 0.0667. The van der Waals surface area contributed by atoms with E-state index in [9.17, 15) is 9.18 Å². The number of fused-ring (bicyclic) bond motifs is 1. The van der Waals surface area contributed by atoms with E-state index in [1.807, 2.05) is 24.3 Å². The molecule has 5 heteroatoms. The normalized spacial score (nSPS) is 10.7. The number of amides is 1. The highest BCUT2D eigenvalue weighted by Gasteiger charge is 2.08. The number of halogens is 1. The molecular weight excluding hydrogens is 275 g/mol. The summed E-state index contributed by atoms with van der Waals surface area (Å²) in [5.74, 6) is -0.462. The number of benzene rings is 2. The summed E-state index contributed by atoms with van der Waals surface area (Å²) in [6.45, 7) is 0. The molecule has 2 aromatic carbocycles. The first-order valence-corrected chi connectivity index (χ1v) is 6.92. The van der Waals surface area contributed by atoms with Crippen LogP contribution in [0.15, 0.2) is 48.5 Å². The highest BCUT2D eigenvalue weighted by Crippen LogP contribution is 2.25. The van der Waals surface area contributed by atoms with Gasteiger partial charge in [-0.05, 0) is 29.8 Å². The third-order valence-electron chi connectivity index (χ3n) is 2.82. The molecule has 0 radical (unpaired) electrons. The number of hydrogen-bond donors (Lipinski definition) is 1. The van der Waals surface area contributed by atoms with E-state index in [0.717, 1.165) is 15.8 Å². The monoisotopic (exact) mass is 286 g/mol. The zero-order valence-corrected chi connectivity index (χ0v) is 11.3. The van der Waals surface area contributed by atoms with E-state index < -0.39 is 0 Å². The molecular formula is C15H11FN2OS. The Morgan fingerprint density at radius 3 is 2.65 bits per heavy atom. The van der Waals surface area contributed by atoms with Crippen molar-refractivity contribution < 1.29 is 9.18 Å². The van der Waals surface area contributed by atoms with Crippen molar-refractivity contribution in [3.8, 4) is 0 Å². The highest BCUT2D eigenvalue weighted by atomic mass is 32.1. The summed E-state index contributed by atoms with van der Waals surface area (Å²) in [4.78, 5) is 16.2. The van der Waals surface area contributed by atoms with Gasteiger partial charge in [0.2, 0.25) is 5.91 Å². The molecule has 1 aromatic heterocycles. The second kappa shape index (κ2) is 5.38. The van der Waals surface area contributed by atoms with E-state index in [0.29, 0.717) is 5.13 Å². The van der Waals surface area contributed by atoms with Gasteiger partial charge in [-0.2, -0.15) is 0 Å². The summed E-state index contributed by atoms with van der Waals surface area (Å²) in [5, 5.41) is 3.35. The second-order valence-electron chi connectivity index (χ2n) is 4.34. The van der Waals surface area contributed by atoms with Crippen LogP contribution in [0.2, 0.25) is 0 Å². The van der Waals surface area contributed by atoms with Crippen LogP contribution >= 0.6 is 11.3 Å². The zero-order chi connectivity index (χ0) is 13.9. The van der Waals surface area contributed by atoms with Gasteiger partial charge in [-0.3, -0.25) is 4.79 Å². The van der Waals surface area contributed by atoms with Gasteiger partial charge in [-0.25, -0.2) is 9.37 Å². The number of nitrogens with one attached hydrogen (secondary N) is 1. The predicted molar refractivity (Wildman–Crippen MR) is 78.4 cm³/mol. The van der Waals surface area contributed by atoms with Crippen LogP contribution < -0.4 is 5.32 Å². The Kier molecular flexibility index (Phi) is 3.43. The molecule has 0 aliphatic carbocycles. The van der Waals surface area contributed by atoms with Gasteiger partial charge in [-0.15, -0.1) is 0 Å². The molecule has 1 heterocycles. The van der Waals surface area contributed by atoms with Crippen molar-refractivity contribution in [3.05, 3.63) is 59.9 Å². The van der Waals surface area contributed by atoms with Crippen molar-refractivity contribution in [1.29, 1.82) is 0 Å². The van der Waals surface area contributed by atoms with Crippen LogP contribution in [0.25, 0.3) is 10.2 Å². The third-order valence-corrected chi connectivity index (χ3v) is 3.77. The van der Waals surface area contributed by atoms with Gasteiger partial charge in [-0.1, -0.05) is 35.6 Å². The van der Waals surface area contributed by atoms with Crippen LogP contribution in [0, 0.1) is 5.82 Å². The Labute approximate surface area is 119 Å². The molecule has 1 amide bonds. The molecule has 20 heavy (non-hydrogen) atoms. The van der Waals surface area contributed by atoms with Gasteiger partial charge in [0.1, 0.15) is 5.82 Å². The molecule has 0 aliphatic rings. The molecule has 100 valence electrons. The van der Waals surface area contributed by atoms with Crippen LogP contribution in [0.4, 0.5) is 9.52 Å². The first kappa shape index (κ1) is 12.7. The van der Waals surface area contributed by atoms with Crippen LogP contribution in [-0.2, 0) is 11.2 Å². The van der Waals surface area contributed by atoms with Gasteiger partial charge >= 0.3 is 0 Å². The van der Waals surface area contributed by atoms with Gasteiger partial charge in [0.15, 0.2) is 5.13 Å². The van der Waals surface area contributed by atoms with E-state index in [4.69, 9.17) is 0 Å². The minimum absolute atomic E-state index is 0.157. The minimum atomic E-state index is -0.305. The maximum Gasteiger partial charge on any atom is 0.230 e. The summed E-state index contributed by atoms with van der Waals surface area (Å²) in [6, 6.07) is 13.6. The van der Waals surface area contributed by atoms with Gasteiger partial charge in [0.05, 0.1) is 16.6 Å². The van der Waals surface area contributed by atoms with E-state index in [-0.39, 0.29) is 18.1 Å². The predicted octanol–water partition coefficient (Wildman–Crippen LogP) is 3.62. The topological polar surface area (TPSA) is 42.0 Å². The molecule has 3 aromatic rings. The van der Waals surface area contributed by atoms with Gasteiger partial charge < -0.3 is 5.32 Å². The average molecular weight is 286 g/mol. The molecule has 0 bridgehead atoms. The van der Waals surface area contributed by atoms with E-state index >= 15 is 0 Å². The van der Waals surface area contributed by atoms with Crippen molar-refractivity contribution in [2.24, 2.45) is 0 Å². The van der Waals surface area contributed by atoms with Gasteiger partial charge in [0, 0.05) is 0 Å². The van der Waals surface area contributed by atoms with E-state index in [2.05, 4.69) is 10.3 Å². The summed E-state index contributed by atoms with van der Waals surface area (Å²) in [5.41, 5.74) is 1.64. The minimum Gasteiger partial charge on any atom is -0.302 e. The molecule has 0 unspecified atom stereocenters. The highest BCUT2D eigenvalue weighted by molar-refractivity contribution is 7.22. The fourth-order valence-corrected chi connectivity index (χ4v) is 2.76. The number of aromatic nitrogens is 1. The molecule has 0 atom stereocenters. The van der Waals surface area contributed by atoms with Crippen LogP contribution in [0.5, 0.6) is 0 Å². The number of hydrogen-bond acceptors (Lipinski definition) is 3. The lowest BCUT2D eigenvalue weighted by Gasteiger charge is -2.01.